The van der Waals surface area contributed by atoms with Gasteiger partial charge in [-0.25, -0.2) is 0 Å². The fraction of sp³-hybridized carbons (Fsp3) is 0.556. The molecule has 5 nitrogen and oxygen atoms in total. The van der Waals surface area contributed by atoms with Gasteiger partial charge in [0.1, 0.15) is 6.54 Å². The maximum absolute atomic E-state index is 12.4. The zero-order valence-corrected chi connectivity index (χ0v) is 13.3. The summed E-state index contributed by atoms with van der Waals surface area (Å²) < 4.78 is 7.82. The number of carbonyl (C=O) groups is 1. The van der Waals surface area contributed by atoms with Gasteiger partial charge in [0.25, 0.3) is 0 Å². The minimum Gasteiger partial charge on any atom is -0.373 e. The van der Waals surface area contributed by atoms with Gasteiger partial charge in [0.2, 0.25) is 5.91 Å². The molecule has 4 rings (SSSR count). The molecule has 1 aliphatic carbocycles. The van der Waals surface area contributed by atoms with E-state index < -0.39 is 0 Å². The first-order valence-corrected chi connectivity index (χ1v) is 8.58. The van der Waals surface area contributed by atoms with E-state index in [0.29, 0.717) is 6.61 Å². The highest BCUT2D eigenvalue weighted by Crippen LogP contribution is 2.39. The molecule has 1 amide bonds. The van der Waals surface area contributed by atoms with Crippen molar-refractivity contribution in [1.82, 2.24) is 15.1 Å². The van der Waals surface area contributed by atoms with Crippen molar-refractivity contribution < 1.29 is 9.53 Å². The monoisotopic (exact) mass is 313 g/mol. The summed E-state index contributed by atoms with van der Waals surface area (Å²) in [5, 5.41) is 8.51. The van der Waals surface area contributed by atoms with Crippen molar-refractivity contribution in [2.24, 2.45) is 0 Å². The summed E-state index contributed by atoms with van der Waals surface area (Å²) in [6, 6.07) is 8.09. The molecule has 2 aliphatic rings. The lowest BCUT2D eigenvalue weighted by atomic mass is 9.82. The molecule has 122 valence electrons. The lowest BCUT2D eigenvalue weighted by molar-refractivity contribution is -0.122. The second-order valence-electron chi connectivity index (χ2n) is 6.88. The van der Waals surface area contributed by atoms with Crippen molar-refractivity contribution >= 4 is 16.8 Å². The van der Waals surface area contributed by atoms with Crippen molar-refractivity contribution in [3.8, 4) is 0 Å². The van der Waals surface area contributed by atoms with E-state index in [-0.39, 0.29) is 24.1 Å². The first kappa shape index (κ1) is 14.7. The molecule has 1 spiro atoms. The van der Waals surface area contributed by atoms with E-state index in [9.17, 15) is 4.79 Å². The third-order valence-electron chi connectivity index (χ3n) is 5.18. The number of para-hydroxylation sites is 1. The predicted octanol–water partition coefficient (Wildman–Crippen LogP) is 2.64. The summed E-state index contributed by atoms with van der Waals surface area (Å²) in [5.74, 6) is 0.0142. The van der Waals surface area contributed by atoms with Gasteiger partial charge in [-0.1, -0.05) is 37.5 Å². The highest BCUT2D eigenvalue weighted by molar-refractivity contribution is 5.82. The summed E-state index contributed by atoms with van der Waals surface area (Å²) in [5.41, 5.74) is 1.03. The van der Waals surface area contributed by atoms with Crippen LogP contribution in [0.4, 0.5) is 0 Å². The molecule has 1 aromatic heterocycles. The molecule has 0 radical (unpaired) electrons. The predicted molar refractivity (Wildman–Crippen MR) is 88.0 cm³/mol. The molecular weight excluding hydrogens is 290 g/mol. The van der Waals surface area contributed by atoms with Gasteiger partial charge in [-0.2, -0.15) is 5.10 Å². The number of nitrogens with one attached hydrogen (secondary N) is 1. The van der Waals surface area contributed by atoms with Crippen LogP contribution in [-0.4, -0.2) is 33.9 Å². The number of hydrogen-bond donors (Lipinski definition) is 1. The maximum Gasteiger partial charge on any atom is 0.242 e. The smallest absolute Gasteiger partial charge is 0.242 e. The Balaban J connectivity index is 1.37. The quantitative estimate of drug-likeness (QED) is 0.948. The summed E-state index contributed by atoms with van der Waals surface area (Å²) in [6.07, 6.45) is 8.86. The van der Waals surface area contributed by atoms with Crippen LogP contribution < -0.4 is 5.32 Å². The molecule has 1 aliphatic heterocycles. The molecule has 5 heteroatoms. The molecule has 1 saturated heterocycles. The molecule has 1 saturated carbocycles. The van der Waals surface area contributed by atoms with Gasteiger partial charge in [0.05, 0.1) is 30.0 Å². The second-order valence-corrected chi connectivity index (χ2v) is 6.88. The fourth-order valence-electron chi connectivity index (χ4n) is 4.04. The van der Waals surface area contributed by atoms with Crippen molar-refractivity contribution in [2.45, 2.75) is 56.7 Å². The Morgan fingerprint density at radius 2 is 2.13 bits per heavy atom. The second kappa shape index (κ2) is 5.96. The molecule has 1 aromatic carbocycles. The Labute approximate surface area is 136 Å². The normalized spacial score (nSPS) is 23.4. The standard InChI is InChI=1S/C18H23N3O2/c22-17(12-21-16-7-3-2-6-14(16)11-19-21)20-15-10-18(23-13-15)8-4-1-5-9-18/h2-3,6-7,11,15H,1,4-5,8-10,12-13H2,(H,20,22)/t15-/m1/s1. The van der Waals surface area contributed by atoms with Crippen LogP contribution in [0.25, 0.3) is 10.9 Å². The molecule has 1 atom stereocenters. The first-order chi connectivity index (χ1) is 11.2. The number of benzene rings is 1. The summed E-state index contributed by atoms with van der Waals surface area (Å²) >= 11 is 0. The summed E-state index contributed by atoms with van der Waals surface area (Å²) in [6.45, 7) is 0.905. The van der Waals surface area contributed by atoms with Gasteiger partial charge in [0.15, 0.2) is 0 Å². The number of hydrogen-bond acceptors (Lipinski definition) is 3. The van der Waals surface area contributed by atoms with E-state index >= 15 is 0 Å². The molecule has 2 heterocycles. The Kier molecular flexibility index (Phi) is 3.81. The van der Waals surface area contributed by atoms with Gasteiger partial charge in [-0.15, -0.1) is 0 Å². The van der Waals surface area contributed by atoms with Crippen molar-refractivity contribution in [2.75, 3.05) is 6.61 Å². The van der Waals surface area contributed by atoms with Crippen LogP contribution >= 0.6 is 0 Å². The number of aromatic nitrogens is 2. The molecule has 0 unspecified atom stereocenters. The van der Waals surface area contributed by atoms with Crippen LogP contribution in [0.2, 0.25) is 0 Å². The number of ether oxygens (including phenoxy) is 1. The average molecular weight is 313 g/mol. The van der Waals surface area contributed by atoms with Crippen LogP contribution in [0.5, 0.6) is 0 Å². The van der Waals surface area contributed by atoms with Crippen molar-refractivity contribution in [1.29, 1.82) is 0 Å². The highest BCUT2D eigenvalue weighted by Gasteiger charge is 2.41. The largest absolute Gasteiger partial charge is 0.373 e. The highest BCUT2D eigenvalue weighted by atomic mass is 16.5. The average Bonchev–Trinajstić information content (AvgIpc) is 3.13. The minimum absolute atomic E-state index is 0.0142. The van der Waals surface area contributed by atoms with Gasteiger partial charge >= 0.3 is 0 Å². The maximum atomic E-state index is 12.4. The molecule has 1 N–H and O–H groups in total. The van der Waals surface area contributed by atoms with Crippen LogP contribution in [0, 0.1) is 0 Å². The number of nitrogens with zero attached hydrogens (tertiary/aromatic N) is 2. The lowest BCUT2D eigenvalue weighted by Crippen LogP contribution is -2.39. The van der Waals surface area contributed by atoms with E-state index in [0.717, 1.165) is 30.2 Å². The van der Waals surface area contributed by atoms with Crippen LogP contribution in [0.3, 0.4) is 0 Å². The van der Waals surface area contributed by atoms with Gasteiger partial charge < -0.3 is 10.1 Å². The van der Waals surface area contributed by atoms with Crippen molar-refractivity contribution in [3.05, 3.63) is 30.5 Å². The lowest BCUT2D eigenvalue weighted by Gasteiger charge is -2.32. The molecule has 2 fully saturated rings. The zero-order chi connectivity index (χ0) is 15.7. The zero-order valence-electron chi connectivity index (χ0n) is 13.3. The molecule has 0 bridgehead atoms. The van der Waals surface area contributed by atoms with E-state index in [4.69, 9.17) is 4.74 Å². The SMILES string of the molecule is O=C(Cn1ncc2ccccc21)N[C@H]1COC2(CCCCC2)C1. The van der Waals surface area contributed by atoms with Gasteiger partial charge in [-0.3, -0.25) is 9.48 Å². The van der Waals surface area contributed by atoms with Crippen molar-refractivity contribution in [3.63, 3.8) is 0 Å². The van der Waals surface area contributed by atoms with Crippen LogP contribution in [0.1, 0.15) is 38.5 Å². The van der Waals surface area contributed by atoms with Gasteiger partial charge in [-0.05, 0) is 25.3 Å². The van der Waals surface area contributed by atoms with E-state index in [1.807, 2.05) is 24.3 Å². The Hall–Kier alpha value is -1.88. The first-order valence-electron chi connectivity index (χ1n) is 8.58. The van der Waals surface area contributed by atoms with E-state index in [2.05, 4.69) is 10.4 Å². The Morgan fingerprint density at radius 1 is 1.30 bits per heavy atom. The number of carbonyl (C=O) groups excluding carboxylic acids is 1. The number of amides is 1. The molecule has 2 aromatic rings. The fourth-order valence-corrected chi connectivity index (χ4v) is 4.04. The Bertz CT molecular complexity index is 703. The van der Waals surface area contributed by atoms with Crippen LogP contribution in [0.15, 0.2) is 30.5 Å². The van der Waals surface area contributed by atoms with Crippen LogP contribution in [-0.2, 0) is 16.1 Å². The third kappa shape index (κ3) is 2.98. The molecule has 23 heavy (non-hydrogen) atoms. The topological polar surface area (TPSA) is 56.2 Å². The van der Waals surface area contributed by atoms with E-state index in [1.54, 1.807) is 10.9 Å². The third-order valence-corrected chi connectivity index (χ3v) is 5.18. The Morgan fingerprint density at radius 3 is 3.00 bits per heavy atom. The molecular formula is C18H23N3O2. The summed E-state index contributed by atoms with van der Waals surface area (Å²) in [4.78, 5) is 12.4. The number of rotatable bonds is 3. The summed E-state index contributed by atoms with van der Waals surface area (Å²) in [7, 11) is 0. The minimum atomic E-state index is 0.0142. The number of fused-ring (bicyclic) bond motifs is 1. The van der Waals surface area contributed by atoms with Gasteiger partial charge in [0, 0.05) is 5.39 Å². The van der Waals surface area contributed by atoms with E-state index in [1.165, 1.54) is 19.3 Å².